The van der Waals surface area contributed by atoms with E-state index in [-0.39, 0.29) is 25.6 Å². The minimum absolute atomic E-state index is 0.103. The molecule has 0 unspecified atom stereocenters. The average Bonchev–Trinajstić information content (AvgIpc) is 3.61. The van der Waals surface area contributed by atoms with Crippen molar-refractivity contribution in [2.24, 2.45) is 0 Å². The third kappa shape index (κ3) is 13.9. The summed E-state index contributed by atoms with van der Waals surface area (Å²) in [6, 6.07) is 25.8. The van der Waals surface area contributed by atoms with Crippen LogP contribution in [0.1, 0.15) is 44.7 Å². The van der Waals surface area contributed by atoms with Crippen molar-refractivity contribution in [1.82, 2.24) is 4.98 Å². The molecule has 5 aromatic rings. The second-order valence-electron chi connectivity index (χ2n) is 11.5. The first kappa shape index (κ1) is 41.9. The average molecular weight is 780 g/mol. The van der Waals surface area contributed by atoms with Gasteiger partial charge in [-0.3, -0.25) is 0 Å². The van der Waals surface area contributed by atoms with Gasteiger partial charge in [-0.1, -0.05) is 42.7 Å². The molecule has 0 radical (unpaired) electrons. The second-order valence-corrected chi connectivity index (χ2v) is 12.6. The Balaban J connectivity index is 0.000000595. The van der Waals surface area contributed by atoms with Crippen LogP contribution in [-0.2, 0) is 30.2 Å². The first-order chi connectivity index (χ1) is 27.2. The van der Waals surface area contributed by atoms with Crippen LogP contribution in [0.4, 0.5) is 5.13 Å². The summed E-state index contributed by atoms with van der Waals surface area (Å²) >= 11 is 1.52. The molecule has 4 aromatic carbocycles. The molecule has 0 aliphatic rings. The molecule has 1 heterocycles. The standard InChI is InChI=1S/C35H35NO10.C7H6N2S/c1-3-32(37)43-20-5-18-41-29-12-8-26(9-13-29)34(39)45-22-17-25-7-16-31(28(23-25)24-36)46-35(40)27-10-14-30(15-11-27)42-19-6-21-44-33(38)4-2;8-7-9-5-3-1-2-4-6(5)10-7/h3-4,7-16,23-24,36H,1-2,5-6,17-22H2;1-4H,(H2,8,9). The maximum Gasteiger partial charge on any atom is 0.343 e. The van der Waals surface area contributed by atoms with Gasteiger partial charge >= 0.3 is 23.9 Å². The van der Waals surface area contributed by atoms with Gasteiger partial charge in [-0.25, -0.2) is 24.2 Å². The summed E-state index contributed by atoms with van der Waals surface area (Å²) in [5.41, 5.74) is 8.33. The van der Waals surface area contributed by atoms with Crippen LogP contribution in [0, 0.1) is 5.41 Å². The number of carbonyl (C=O) groups excluding carboxylic acids is 4. The zero-order chi connectivity index (χ0) is 40.1. The van der Waals surface area contributed by atoms with Crippen LogP contribution in [0.15, 0.2) is 116 Å². The number of rotatable bonds is 19. The van der Waals surface area contributed by atoms with Gasteiger partial charge in [0.1, 0.15) is 17.2 Å². The van der Waals surface area contributed by atoms with Gasteiger partial charge in [0.05, 0.1) is 54.4 Å². The number of para-hydroxylation sites is 1. The molecule has 1 aromatic heterocycles. The monoisotopic (exact) mass is 779 g/mol. The van der Waals surface area contributed by atoms with Crippen LogP contribution in [0.3, 0.4) is 0 Å². The van der Waals surface area contributed by atoms with E-state index in [1.54, 1.807) is 66.7 Å². The van der Waals surface area contributed by atoms with Gasteiger partial charge in [-0.15, -0.1) is 0 Å². The van der Waals surface area contributed by atoms with E-state index < -0.39 is 23.9 Å². The zero-order valence-electron chi connectivity index (χ0n) is 30.5. The molecule has 0 bridgehead atoms. The van der Waals surface area contributed by atoms with Gasteiger partial charge in [0.25, 0.3) is 0 Å². The van der Waals surface area contributed by atoms with Gasteiger partial charge < -0.3 is 39.6 Å². The minimum atomic E-state index is -0.599. The van der Waals surface area contributed by atoms with E-state index in [0.717, 1.165) is 34.1 Å². The van der Waals surface area contributed by atoms with Gasteiger partial charge in [-0.2, -0.15) is 0 Å². The van der Waals surface area contributed by atoms with Gasteiger partial charge in [0, 0.05) is 43.2 Å². The molecule has 14 heteroatoms. The van der Waals surface area contributed by atoms with E-state index in [1.807, 2.05) is 24.3 Å². The lowest BCUT2D eigenvalue weighted by Crippen LogP contribution is -2.11. The van der Waals surface area contributed by atoms with Crippen LogP contribution in [0.2, 0.25) is 0 Å². The molecule has 290 valence electrons. The number of esters is 4. The van der Waals surface area contributed by atoms with Gasteiger partial charge in [-0.05, 0) is 78.4 Å². The van der Waals surface area contributed by atoms with E-state index in [4.69, 9.17) is 39.6 Å². The Morgan fingerprint density at radius 1 is 0.696 bits per heavy atom. The Morgan fingerprint density at radius 2 is 1.27 bits per heavy atom. The minimum Gasteiger partial charge on any atom is -0.493 e. The number of benzene rings is 4. The topological polar surface area (TPSA) is 186 Å². The fourth-order valence-electron chi connectivity index (χ4n) is 4.69. The maximum atomic E-state index is 12.7. The number of carbonyl (C=O) groups is 4. The van der Waals surface area contributed by atoms with E-state index in [0.29, 0.717) is 65.8 Å². The van der Waals surface area contributed by atoms with Gasteiger partial charge in [0.2, 0.25) is 0 Å². The number of fused-ring (bicyclic) bond motifs is 1. The van der Waals surface area contributed by atoms with Crippen molar-refractivity contribution in [3.8, 4) is 17.2 Å². The Bertz CT molecular complexity index is 2080. The molecule has 0 amide bonds. The summed E-state index contributed by atoms with van der Waals surface area (Å²) in [5, 5.41) is 8.41. The molecule has 3 N–H and O–H groups in total. The van der Waals surface area contributed by atoms with Crippen molar-refractivity contribution < 1.29 is 47.6 Å². The van der Waals surface area contributed by atoms with Crippen molar-refractivity contribution in [3.63, 3.8) is 0 Å². The molecule has 0 aliphatic carbocycles. The van der Waals surface area contributed by atoms with Crippen molar-refractivity contribution >= 4 is 56.8 Å². The zero-order valence-corrected chi connectivity index (χ0v) is 31.3. The number of nitrogens with two attached hydrogens (primary N) is 1. The Hall–Kier alpha value is -6.80. The third-order valence-electron chi connectivity index (χ3n) is 7.48. The summed E-state index contributed by atoms with van der Waals surface area (Å²) in [7, 11) is 0. The lowest BCUT2D eigenvalue weighted by atomic mass is 10.1. The SMILES string of the molecule is C=CC(=O)OCCCOc1ccc(C(=O)OCCc2ccc(OC(=O)c3ccc(OCCCOC(=O)C=C)cc3)c(C=N)c2)cc1.Nc1nc2ccccc2s1. The summed E-state index contributed by atoms with van der Waals surface area (Å²) in [6.45, 7) is 7.85. The summed E-state index contributed by atoms with van der Waals surface area (Å²) in [4.78, 5) is 51.3. The molecule has 0 saturated carbocycles. The first-order valence-corrected chi connectivity index (χ1v) is 18.2. The number of nitrogens with one attached hydrogen (secondary N) is 1. The highest BCUT2D eigenvalue weighted by Gasteiger charge is 2.13. The van der Waals surface area contributed by atoms with E-state index in [9.17, 15) is 19.2 Å². The largest absolute Gasteiger partial charge is 0.493 e. The summed E-state index contributed by atoms with van der Waals surface area (Å²) < 4.78 is 33.0. The molecule has 0 aliphatic heterocycles. The number of hydrogen-bond acceptors (Lipinski definition) is 14. The Labute approximate surface area is 327 Å². The van der Waals surface area contributed by atoms with Crippen molar-refractivity contribution in [3.05, 3.63) is 139 Å². The summed E-state index contributed by atoms with van der Waals surface area (Å²) in [6.07, 6.45) is 4.67. The molecular weight excluding hydrogens is 739 g/mol. The molecular formula is C42H41N3O10S. The predicted octanol–water partition coefficient (Wildman–Crippen LogP) is 7.18. The fraction of sp³-hybridized carbons (Fsp3) is 0.190. The Morgan fingerprint density at radius 3 is 1.82 bits per heavy atom. The molecule has 0 saturated heterocycles. The second kappa shape index (κ2) is 22.4. The molecule has 13 nitrogen and oxygen atoms in total. The van der Waals surface area contributed by atoms with E-state index in [1.165, 1.54) is 11.3 Å². The van der Waals surface area contributed by atoms with Crippen LogP contribution in [0.25, 0.3) is 10.2 Å². The smallest absolute Gasteiger partial charge is 0.343 e. The predicted molar refractivity (Wildman–Crippen MR) is 213 cm³/mol. The molecule has 0 spiro atoms. The third-order valence-corrected chi connectivity index (χ3v) is 8.35. The lowest BCUT2D eigenvalue weighted by Gasteiger charge is -2.11. The highest BCUT2D eigenvalue weighted by atomic mass is 32.1. The van der Waals surface area contributed by atoms with E-state index in [2.05, 4.69) is 18.1 Å². The lowest BCUT2D eigenvalue weighted by molar-refractivity contribution is -0.138. The maximum absolute atomic E-state index is 12.7. The van der Waals surface area contributed by atoms with Crippen LogP contribution in [-0.4, -0.2) is 68.1 Å². The molecule has 0 fully saturated rings. The molecule has 56 heavy (non-hydrogen) atoms. The quantitative estimate of drug-likeness (QED) is 0.0215. The van der Waals surface area contributed by atoms with Crippen LogP contribution >= 0.6 is 11.3 Å². The van der Waals surface area contributed by atoms with Crippen molar-refractivity contribution in [1.29, 1.82) is 5.41 Å². The molecule has 0 atom stereocenters. The first-order valence-electron chi connectivity index (χ1n) is 17.4. The normalized spacial score (nSPS) is 10.2. The number of nitrogens with zero attached hydrogens (tertiary/aromatic N) is 1. The van der Waals surface area contributed by atoms with E-state index >= 15 is 0 Å². The highest BCUT2D eigenvalue weighted by molar-refractivity contribution is 7.22. The number of hydrogen-bond donors (Lipinski definition) is 2. The number of nitrogen functional groups attached to an aromatic ring is 1. The van der Waals surface area contributed by atoms with Crippen LogP contribution < -0.4 is 19.9 Å². The summed E-state index contributed by atoms with van der Waals surface area (Å²) in [5.74, 6) is -0.742. The number of thiazole rings is 1. The number of anilines is 1. The Kier molecular flexibility index (Phi) is 16.8. The highest BCUT2D eigenvalue weighted by Crippen LogP contribution is 2.23. The van der Waals surface area contributed by atoms with Crippen molar-refractivity contribution in [2.45, 2.75) is 19.3 Å². The molecule has 5 rings (SSSR count). The van der Waals surface area contributed by atoms with Crippen LogP contribution in [0.5, 0.6) is 17.2 Å². The fourth-order valence-corrected chi connectivity index (χ4v) is 5.42. The number of ether oxygens (including phenoxy) is 6. The van der Waals surface area contributed by atoms with Crippen molar-refractivity contribution in [2.75, 3.05) is 38.8 Å². The van der Waals surface area contributed by atoms with Gasteiger partial charge in [0.15, 0.2) is 5.13 Å². The number of aromatic nitrogens is 1.